The lowest BCUT2D eigenvalue weighted by atomic mass is 10.1. The van der Waals surface area contributed by atoms with Crippen molar-refractivity contribution in [1.29, 1.82) is 0 Å². The van der Waals surface area contributed by atoms with Gasteiger partial charge in [0, 0.05) is 37.4 Å². The van der Waals surface area contributed by atoms with Crippen LogP contribution in [0.1, 0.15) is 11.4 Å². The Morgan fingerprint density at radius 1 is 1.00 bits per heavy atom. The number of alkyl halides is 3. The zero-order valence-corrected chi connectivity index (χ0v) is 15.6. The molecule has 0 atom stereocenters. The lowest BCUT2D eigenvalue weighted by molar-refractivity contribution is -0.144. The van der Waals surface area contributed by atoms with E-state index in [1.165, 1.54) is 20.3 Å². The van der Waals surface area contributed by atoms with Crippen LogP contribution in [0.4, 0.5) is 19.0 Å². The molecular formula is C19H19F3N4O2. The molecular weight excluding hydrogens is 373 g/mol. The highest BCUT2D eigenvalue weighted by Gasteiger charge is 2.36. The van der Waals surface area contributed by atoms with E-state index in [2.05, 4.69) is 15.0 Å². The first-order valence-corrected chi connectivity index (χ1v) is 8.44. The number of likely N-dealkylation sites (N-methyl/N-ethyl adjacent to an activating group) is 1. The Kier molecular flexibility index (Phi) is 5.53. The number of hydrogen-bond acceptors (Lipinski definition) is 6. The maximum Gasteiger partial charge on any atom is 0.451 e. The van der Waals surface area contributed by atoms with Gasteiger partial charge < -0.3 is 14.4 Å². The summed E-state index contributed by atoms with van der Waals surface area (Å²) in [6, 6.07) is 6.74. The van der Waals surface area contributed by atoms with Crippen molar-refractivity contribution in [2.24, 2.45) is 0 Å². The summed E-state index contributed by atoms with van der Waals surface area (Å²) in [6.07, 6.45) is -0.691. The molecule has 3 aromatic rings. The van der Waals surface area contributed by atoms with Crippen LogP contribution in [-0.4, -0.2) is 42.8 Å². The van der Waals surface area contributed by atoms with Crippen molar-refractivity contribution in [1.82, 2.24) is 15.0 Å². The van der Waals surface area contributed by atoms with E-state index < -0.39 is 12.0 Å². The molecule has 148 valence electrons. The summed E-state index contributed by atoms with van der Waals surface area (Å²) in [6.45, 7) is 0.460. The lowest BCUT2D eigenvalue weighted by Crippen LogP contribution is -2.24. The predicted molar refractivity (Wildman–Crippen MR) is 98.9 cm³/mol. The standard InChI is InChI=1S/C19H19F3N4O2/c1-26(9-6-12-4-7-23-8-5-12)17-13-10-15(27-2)16(28-3)11-14(13)24-18(25-17)19(20,21)22/h4-5,7-8,10-11H,6,9H2,1-3H3. The van der Waals surface area contributed by atoms with E-state index in [1.54, 1.807) is 30.4 Å². The fraction of sp³-hybridized carbons (Fsp3) is 0.316. The van der Waals surface area contributed by atoms with E-state index in [9.17, 15) is 13.2 Å². The topological polar surface area (TPSA) is 60.4 Å². The van der Waals surface area contributed by atoms with Crippen molar-refractivity contribution < 1.29 is 22.6 Å². The number of halogens is 3. The van der Waals surface area contributed by atoms with E-state index in [4.69, 9.17) is 9.47 Å². The Morgan fingerprint density at radius 2 is 1.64 bits per heavy atom. The van der Waals surface area contributed by atoms with Crippen LogP contribution in [0, 0.1) is 0 Å². The molecule has 0 aliphatic carbocycles. The van der Waals surface area contributed by atoms with Gasteiger partial charge in [-0.2, -0.15) is 13.2 Å². The molecule has 9 heteroatoms. The van der Waals surface area contributed by atoms with Gasteiger partial charge in [-0.25, -0.2) is 9.97 Å². The van der Waals surface area contributed by atoms with Crippen LogP contribution < -0.4 is 14.4 Å². The Labute approximate surface area is 160 Å². The van der Waals surface area contributed by atoms with Gasteiger partial charge in [-0.3, -0.25) is 4.98 Å². The maximum absolute atomic E-state index is 13.3. The summed E-state index contributed by atoms with van der Waals surface area (Å²) in [5.74, 6) is -0.334. The van der Waals surface area contributed by atoms with Crippen molar-refractivity contribution in [3.63, 3.8) is 0 Å². The molecule has 0 fully saturated rings. The number of pyridine rings is 1. The van der Waals surface area contributed by atoms with Gasteiger partial charge >= 0.3 is 6.18 Å². The monoisotopic (exact) mass is 392 g/mol. The van der Waals surface area contributed by atoms with Gasteiger partial charge in [0.05, 0.1) is 19.7 Å². The predicted octanol–water partition coefficient (Wildman–Crippen LogP) is 3.74. The first-order valence-electron chi connectivity index (χ1n) is 8.44. The molecule has 2 aromatic heterocycles. The molecule has 0 radical (unpaired) electrons. The molecule has 3 rings (SSSR count). The third-order valence-electron chi connectivity index (χ3n) is 4.28. The first kappa shape index (κ1) is 19.7. The van der Waals surface area contributed by atoms with Crippen LogP contribution >= 0.6 is 0 Å². The van der Waals surface area contributed by atoms with Gasteiger partial charge in [-0.1, -0.05) is 0 Å². The molecule has 0 aliphatic heterocycles. The number of fused-ring (bicyclic) bond motifs is 1. The number of methoxy groups -OCH3 is 2. The average molecular weight is 392 g/mol. The van der Waals surface area contributed by atoms with Gasteiger partial charge in [0.15, 0.2) is 11.5 Å². The van der Waals surface area contributed by atoms with E-state index in [1.807, 2.05) is 12.1 Å². The molecule has 0 bridgehead atoms. The van der Waals surface area contributed by atoms with E-state index in [-0.39, 0.29) is 11.3 Å². The molecule has 0 spiro atoms. The molecule has 2 heterocycles. The molecule has 0 amide bonds. The molecule has 0 aliphatic rings. The van der Waals surface area contributed by atoms with Crippen molar-refractivity contribution in [3.05, 3.63) is 48.0 Å². The summed E-state index contributed by atoms with van der Waals surface area (Å²) in [5.41, 5.74) is 1.15. The highest BCUT2D eigenvalue weighted by atomic mass is 19.4. The first-order chi connectivity index (χ1) is 13.3. The highest BCUT2D eigenvalue weighted by Crippen LogP contribution is 2.37. The zero-order valence-electron chi connectivity index (χ0n) is 15.6. The number of anilines is 1. The van der Waals surface area contributed by atoms with Crippen molar-refractivity contribution >= 4 is 16.7 Å². The minimum Gasteiger partial charge on any atom is -0.493 e. The van der Waals surface area contributed by atoms with Crippen LogP contribution in [0.3, 0.4) is 0 Å². The van der Waals surface area contributed by atoms with Gasteiger partial charge in [-0.05, 0) is 30.2 Å². The van der Waals surface area contributed by atoms with Crippen LogP contribution in [-0.2, 0) is 12.6 Å². The smallest absolute Gasteiger partial charge is 0.451 e. The Hall–Kier alpha value is -3.10. The van der Waals surface area contributed by atoms with Crippen LogP contribution in [0.15, 0.2) is 36.7 Å². The third-order valence-corrected chi connectivity index (χ3v) is 4.28. The Morgan fingerprint density at radius 3 is 2.25 bits per heavy atom. The number of hydrogen-bond donors (Lipinski definition) is 0. The van der Waals surface area contributed by atoms with Gasteiger partial charge in [-0.15, -0.1) is 0 Å². The molecule has 0 saturated carbocycles. The van der Waals surface area contributed by atoms with E-state index in [0.29, 0.717) is 29.9 Å². The molecule has 6 nitrogen and oxygen atoms in total. The SMILES string of the molecule is COc1cc2nc(C(F)(F)F)nc(N(C)CCc3ccncc3)c2cc1OC. The molecule has 0 N–H and O–H groups in total. The van der Waals surface area contributed by atoms with E-state index in [0.717, 1.165) is 5.56 Å². The van der Waals surface area contributed by atoms with Crippen molar-refractivity contribution in [3.8, 4) is 11.5 Å². The Balaban J connectivity index is 2.07. The molecule has 1 aromatic carbocycles. The number of aromatic nitrogens is 3. The molecule has 0 unspecified atom stereocenters. The fourth-order valence-corrected chi connectivity index (χ4v) is 2.81. The molecule has 28 heavy (non-hydrogen) atoms. The Bertz CT molecular complexity index is 965. The quantitative estimate of drug-likeness (QED) is 0.637. The van der Waals surface area contributed by atoms with Gasteiger partial charge in [0.25, 0.3) is 0 Å². The van der Waals surface area contributed by atoms with Crippen molar-refractivity contribution in [2.45, 2.75) is 12.6 Å². The summed E-state index contributed by atoms with van der Waals surface area (Å²) in [7, 11) is 4.57. The summed E-state index contributed by atoms with van der Waals surface area (Å²) in [4.78, 5) is 13.1. The van der Waals surface area contributed by atoms with Crippen LogP contribution in [0.25, 0.3) is 10.9 Å². The number of ether oxygens (including phenoxy) is 2. The normalized spacial score (nSPS) is 11.5. The van der Waals surface area contributed by atoms with Gasteiger partial charge in [0.1, 0.15) is 5.82 Å². The second-order valence-corrected chi connectivity index (χ2v) is 6.12. The number of nitrogens with zero attached hydrogens (tertiary/aromatic N) is 4. The third kappa shape index (κ3) is 4.08. The summed E-state index contributed by atoms with van der Waals surface area (Å²) in [5, 5.41) is 0.447. The largest absolute Gasteiger partial charge is 0.493 e. The van der Waals surface area contributed by atoms with E-state index >= 15 is 0 Å². The number of benzene rings is 1. The zero-order chi connectivity index (χ0) is 20.3. The van der Waals surface area contributed by atoms with Crippen molar-refractivity contribution in [2.75, 3.05) is 32.7 Å². The summed E-state index contributed by atoms with van der Waals surface area (Å²) >= 11 is 0. The second-order valence-electron chi connectivity index (χ2n) is 6.12. The lowest BCUT2D eigenvalue weighted by Gasteiger charge is -2.22. The van der Waals surface area contributed by atoms with Gasteiger partial charge in [0.2, 0.25) is 5.82 Å². The molecule has 0 saturated heterocycles. The summed E-state index contributed by atoms with van der Waals surface area (Å²) < 4.78 is 50.5. The highest BCUT2D eigenvalue weighted by molar-refractivity contribution is 5.92. The minimum absolute atomic E-state index is 0.130. The van der Waals surface area contributed by atoms with Crippen LogP contribution in [0.5, 0.6) is 11.5 Å². The second kappa shape index (κ2) is 7.87. The van der Waals surface area contributed by atoms with Crippen LogP contribution in [0.2, 0.25) is 0 Å². The minimum atomic E-state index is -4.66. The maximum atomic E-state index is 13.3. The fourth-order valence-electron chi connectivity index (χ4n) is 2.81. The average Bonchev–Trinajstić information content (AvgIpc) is 2.70. The number of rotatable bonds is 6.